The minimum absolute atomic E-state index is 0.206. The number of aromatic nitrogens is 1. The van der Waals surface area contributed by atoms with Crippen LogP contribution in [0.25, 0.3) is 0 Å². The number of nitrogens with one attached hydrogen (secondary N) is 2. The van der Waals surface area contributed by atoms with Gasteiger partial charge in [0.2, 0.25) is 0 Å². The maximum absolute atomic E-state index is 14.6. The Kier molecular flexibility index (Phi) is 8.10. The lowest BCUT2D eigenvalue weighted by molar-refractivity contribution is -0.105. The second-order valence-corrected chi connectivity index (χ2v) is 11.6. The molecule has 0 aliphatic carbocycles. The van der Waals surface area contributed by atoms with Gasteiger partial charge in [0.1, 0.15) is 17.3 Å². The van der Waals surface area contributed by atoms with Crippen LogP contribution < -0.4 is 15.4 Å². The van der Waals surface area contributed by atoms with Crippen LogP contribution in [0.2, 0.25) is 0 Å². The summed E-state index contributed by atoms with van der Waals surface area (Å²) in [6.45, 7) is 11.5. The molecule has 0 radical (unpaired) electrons. The van der Waals surface area contributed by atoms with E-state index in [0.717, 1.165) is 39.3 Å². The van der Waals surface area contributed by atoms with Gasteiger partial charge in [-0.05, 0) is 55.8 Å². The Morgan fingerprint density at radius 3 is 2.58 bits per heavy atom. The van der Waals surface area contributed by atoms with E-state index in [0.29, 0.717) is 46.2 Å². The fourth-order valence-corrected chi connectivity index (χ4v) is 4.75. The number of rotatable bonds is 7. The molecular formula is C31H35FN4O4. The van der Waals surface area contributed by atoms with E-state index in [-0.39, 0.29) is 5.41 Å². The summed E-state index contributed by atoms with van der Waals surface area (Å²) in [5.74, 6) is 6.93. The lowest BCUT2D eigenvalue weighted by Crippen LogP contribution is -2.44. The zero-order valence-corrected chi connectivity index (χ0v) is 23.2. The van der Waals surface area contributed by atoms with E-state index in [1.54, 1.807) is 42.5 Å². The SMILES string of the molecule is CC(C)(C)c1cc(NC(=O)Nc2ccc(C#Cc3ccc(OCCCN4CCC5(COC5)C4)cc3F)cc2)no1. The molecule has 2 aliphatic heterocycles. The molecule has 40 heavy (non-hydrogen) atoms. The van der Waals surface area contributed by atoms with E-state index in [1.165, 1.54) is 12.5 Å². The number of benzene rings is 2. The highest BCUT2D eigenvalue weighted by Crippen LogP contribution is 2.37. The van der Waals surface area contributed by atoms with Gasteiger partial charge >= 0.3 is 6.03 Å². The van der Waals surface area contributed by atoms with Crippen molar-refractivity contribution in [1.82, 2.24) is 10.1 Å². The van der Waals surface area contributed by atoms with Crippen LogP contribution in [0.4, 0.5) is 20.7 Å². The molecule has 0 bridgehead atoms. The van der Waals surface area contributed by atoms with Crippen LogP contribution >= 0.6 is 0 Å². The standard InChI is InChI=1S/C31H35FN4O4/c1-30(2,3)27-18-28(35-40-27)34-29(37)33-24-10-6-22(7-11-24)5-8-23-9-12-25(17-26(23)32)39-16-4-14-36-15-13-31(19-36)20-38-21-31/h6-7,9-12,17-18H,4,13-16,19-21H2,1-3H3,(H2,33,34,35,37). The molecular weight excluding hydrogens is 511 g/mol. The van der Waals surface area contributed by atoms with Crippen LogP contribution in [-0.4, -0.2) is 55.5 Å². The Hall–Kier alpha value is -3.87. The highest BCUT2D eigenvalue weighted by atomic mass is 19.1. The molecule has 5 rings (SSSR count). The van der Waals surface area contributed by atoms with Crippen LogP contribution in [0.5, 0.6) is 5.75 Å². The summed E-state index contributed by atoms with van der Waals surface area (Å²) in [6, 6.07) is 13.0. The van der Waals surface area contributed by atoms with Gasteiger partial charge < -0.3 is 24.2 Å². The van der Waals surface area contributed by atoms with E-state index in [9.17, 15) is 9.18 Å². The number of hydrogen-bond acceptors (Lipinski definition) is 6. The number of urea groups is 1. The second-order valence-electron chi connectivity index (χ2n) is 11.6. The molecule has 3 heterocycles. The van der Waals surface area contributed by atoms with Gasteiger partial charge in [0, 0.05) is 47.3 Å². The molecule has 8 nitrogen and oxygen atoms in total. The highest BCUT2D eigenvalue weighted by Gasteiger charge is 2.43. The summed E-state index contributed by atoms with van der Waals surface area (Å²) in [4.78, 5) is 14.8. The molecule has 0 atom stereocenters. The number of carbonyl (C=O) groups is 1. The molecule has 2 aliphatic rings. The molecule has 2 N–H and O–H groups in total. The minimum Gasteiger partial charge on any atom is -0.493 e. The highest BCUT2D eigenvalue weighted by molar-refractivity contribution is 5.99. The number of nitrogens with zero attached hydrogens (tertiary/aromatic N) is 2. The van der Waals surface area contributed by atoms with Gasteiger partial charge in [-0.15, -0.1) is 0 Å². The third kappa shape index (κ3) is 7.00. The normalized spacial score (nSPS) is 16.2. The van der Waals surface area contributed by atoms with Crippen molar-refractivity contribution in [2.75, 3.05) is 50.1 Å². The van der Waals surface area contributed by atoms with Gasteiger partial charge in [-0.2, -0.15) is 0 Å². The van der Waals surface area contributed by atoms with Crippen molar-refractivity contribution in [3.63, 3.8) is 0 Å². The largest absolute Gasteiger partial charge is 0.493 e. The van der Waals surface area contributed by atoms with Crippen molar-refractivity contribution < 1.29 is 23.2 Å². The summed E-state index contributed by atoms with van der Waals surface area (Å²) in [6.07, 6.45) is 2.11. The van der Waals surface area contributed by atoms with Crippen molar-refractivity contribution in [2.45, 2.75) is 39.0 Å². The summed E-state index contributed by atoms with van der Waals surface area (Å²) in [7, 11) is 0. The molecule has 9 heteroatoms. The molecule has 1 aromatic heterocycles. The van der Waals surface area contributed by atoms with Crippen LogP contribution in [0.3, 0.4) is 0 Å². The second kappa shape index (κ2) is 11.7. The average Bonchev–Trinajstić information content (AvgIpc) is 3.55. The summed E-state index contributed by atoms with van der Waals surface area (Å²) in [5.41, 5.74) is 1.75. The van der Waals surface area contributed by atoms with E-state index < -0.39 is 11.8 Å². The first-order valence-corrected chi connectivity index (χ1v) is 13.6. The van der Waals surface area contributed by atoms with Crippen LogP contribution in [-0.2, 0) is 10.2 Å². The molecule has 0 saturated carbocycles. The Morgan fingerprint density at radius 1 is 1.12 bits per heavy atom. The first kappa shape index (κ1) is 27.7. The van der Waals surface area contributed by atoms with Gasteiger partial charge in [0.05, 0.1) is 25.4 Å². The quantitative estimate of drug-likeness (QED) is 0.294. The van der Waals surface area contributed by atoms with Crippen LogP contribution in [0, 0.1) is 23.1 Å². The fourth-order valence-electron chi connectivity index (χ4n) is 4.75. The topological polar surface area (TPSA) is 88.9 Å². The number of anilines is 2. The molecule has 1 spiro atoms. The third-order valence-electron chi connectivity index (χ3n) is 7.14. The number of likely N-dealkylation sites (tertiary alicyclic amines) is 1. The maximum atomic E-state index is 14.6. The maximum Gasteiger partial charge on any atom is 0.324 e. The smallest absolute Gasteiger partial charge is 0.324 e. The van der Waals surface area contributed by atoms with E-state index in [1.807, 2.05) is 20.8 Å². The monoisotopic (exact) mass is 546 g/mol. The van der Waals surface area contributed by atoms with Gasteiger partial charge in [-0.1, -0.05) is 37.8 Å². The molecule has 0 unspecified atom stereocenters. The number of halogens is 1. The van der Waals surface area contributed by atoms with E-state index in [2.05, 4.69) is 32.5 Å². The Bertz CT molecular complexity index is 1400. The van der Waals surface area contributed by atoms with Crippen LogP contribution in [0.15, 0.2) is 53.1 Å². The summed E-state index contributed by atoms with van der Waals surface area (Å²) >= 11 is 0. The third-order valence-corrected chi connectivity index (χ3v) is 7.14. The van der Waals surface area contributed by atoms with E-state index >= 15 is 0 Å². The van der Waals surface area contributed by atoms with Gasteiger partial charge in [0.25, 0.3) is 0 Å². The average molecular weight is 547 g/mol. The molecule has 2 fully saturated rings. The van der Waals surface area contributed by atoms with Crippen LogP contribution in [0.1, 0.15) is 50.5 Å². The molecule has 2 saturated heterocycles. The zero-order chi connectivity index (χ0) is 28.2. The molecule has 210 valence electrons. The Balaban J connectivity index is 1.07. The lowest BCUT2D eigenvalue weighted by Gasteiger charge is -2.37. The minimum atomic E-state index is -0.440. The first-order chi connectivity index (χ1) is 19.2. The number of amides is 2. The number of carbonyl (C=O) groups excluding carboxylic acids is 1. The number of ether oxygens (including phenoxy) is 2. The van der Waals surface area contributed by atoms with Crippen molar-refractivity contribution in [3.8, 4) is 17.6 Å². The summed E-state index contributed by atoms with van der Waals surface area (Å²) < 4.78 is 31.0. The first-order valence-electron chi connectivity index (χ1n) is 13.6. The Labute approximate surface area is 234 Å². The van der Waals surface area contributed by atoms with Crippen molar-refractivity contribution in [1.29, 1.82) is 0 Å². The van der Waals surface area contributed by atoms with Gasteiger partial charge in [-0.3, -0.25) is 5.32 Å². The van der Waals surface area contributed by atoms with Crippen molar-refractivity contribution >= 4 is 17.5 Å². The van der Waals surface area contributed by atoms with Crippen molar-refractivity contribution in [3.05, 3.63) is 71.2 Å². The fraction of sp³-hybridized carbons (Fsp3) is 0.419. The number of hydrogen-bond donors (Lipinski definition) is 2. The molecule has 3 aromatic rings. The summed E-state index contributed by atoms with van der Waals surface area (Å²) in [5, 5.41) is 9.27. The predicted octanol–water partition coefficient (Wildman–Crippen LogP) is 5.65. The molecule has 2 aromatic carbocycles. The van der Waals surface area contributed by atoms with Gasteiger partial charge in [0.15, 0.2) is 5.82 Å². The lowest BCUT2D eigenvalue weighted by atomic mass is 9.85. The van der Waals surface area contributed by atoms with Gasteiger partial charge in [-0.25, -0.2) is 9.18 Å². The van der Waals surface area contributed by atoms with Crippen molar-refractivity contribution in [2.24, 2.45) is 5.41 Å². The zero-order valence-electron chi connectivity index (χ0n) is 23.2. The van der Waals surface area contributed by atoms with E-state index in [4.69, 9.17) is 14.0 Å². The molecule has 2 amide bonds. The predicted molar refractivity (Wildman–Crippen MR) is 151 cm³/mol. The Morgan fingerprint density at radius 2 is 1.93 bits per heavy atom.